The van der Waals surface area contributed by atoms with Crippen LogP contribution in [0.4, 0.5) is 4.39 Å². The van der Waals surface area contributed by atoms with Crippen molar-refractivity contribution < 1.29 is 34.0 Å². The van der Waals surface area contributed by atoms with Crippen LogP contribution >= 0.6 is 0 Å². The number of para-hydroxylation sites is 2. The van der Waals surface area contributed by atoms with E-state index in [-0.39, 0.29) is 24.9 Å². The van der Waals surface area contributed by atoms with E-state index >= 15 is 4.39 Å². The van der Waals surface area contributed by atoms with Crippen molar-refractivity contribution in [1.82, 2.24) is 0 Å². The fourth-order valence-corrected chi connectivity index (χ4v) is 5.21. The Morgan fingerprint density at radius 3 is 2.64 bits per heavy atom. The third-order valence-electron chi connectivity index (χ3n) is 6.87. The molecule has 1 aliphatic heterocycles. The summed E-state index contributed by atoms with van der Waals surface area (Å²) in [5.74, 6) is -0.309. The van der Waals surface area contributed by atoms with Gasteiger partial charge in [0.05, 0.1) is 6.10 Å². The van der Waals surface area contributed by atoms with Gasteiger partial charge in [-0.1, -0.05) is 36.4 Å². The molecule has 1 unspecified atom stereocenters. The molecule has 1 fully saturated rings. The average molecular weight is 459 g/mol. The molecule has 2 aromatic carbocycles. The third kappa shape index (κ3) is 4.84. The van der Waals surface area contributed by atoms with E-state index in [1.807, 2.05) is 36.4 Å². The molecule has 0 radical (unpaired) electrons. The van der Waals surface area contributed by atoms with Gasteiger partial charge in [0.25, 0.3) is 0 Å². The van der Waals surface area contributed by atoms with Crippen molar-refractivity contribution in [2.45, 2.75) is 75.5 Å². The van der Waals surface area contributed by atoms with Crippen molar-refractivity contribution in [1.29, 1.82) is 0 Å². The normalized spacial score (nSPS) is 25.6. The van der Waals surface area contributed by atoms with Crippen LogP contribution in [0.1, 0.15) is 50.2 Å². The smallest absolute Gasteiger partial charge is 0.303 e. The van der Waals surface area contributed by atoms with Crippen LogP contribution in [-0.4, -0.2) is 51.4 Å². The highest BCUT2D eigenvalue weighted by molar-refractivity contribution is 5.67. The highest BCUT2D eigenvalue weighted by Crippen LogP contribution is 2.53. The second-order valence-electron chi connectivity index (χ2n) is 9.59. The lowest BCUT2D eigenvalue weighted by Crippen LogP contribution is -2.48. The lowest BCUT2D eigenvalue weighted by Gasteiger charge is -2.35. The summed E-state index contributed by atoms with van der Waals surface area (Å²) in [6, 6.07) is 14.6. The van der Waals surface area contributed by atoms with E-state index in [0.717, 1.165) is 11.1 Å². The van der Waals surface area contributed by atoms with Gasteiger partial charge in [0.2, 0.25) is 0 Å². The molecule has 2 aromatic rings. The fraction of sp³-hybridized carbons (Fsp3) is 0.500. The summed E-state index contributed by atoms with van der Waals surface area (Å²) in [5.41, 5.74) is 0.523. The number of carboxylic acids is 1. The first kappa shape index (κ1) is 23.5. The molecule has 1 saturated carbocycles. The monoisotopic (exact) mass is 458 g/mol. The summed E-state index contributed by atoms with van der Waals surface area (Å²) < 4.78 is 27.4. The van der Waals surface area contributed by atoms with E-state index in [9.17, 15) is 15.0 Å². The van der Waals surface area contributed by atoms with Crippen LogP contribution in [0, 0.1) is 5.92 Å². The number of rotatable bonds is 9. The minimum atomic E-state index is -1.61. The summed E-state index contributed by atoms with van der Waals surface area (Å²) in [7, 11) is 0. The van der Waals surface area contributed by atoms with Crippen LogP contribution in [0.2, 0.25) is 0 Å². The van der Waals surface area contributed by atoms with E-state index in [1.165, 1.54) is 0 Å². The maximum atomic E-state index is 15.4. The molecule has 2 aliphatic rings. The highest BCUT2D eigenvalue weighted by atomic mass is 19.1. The summed E-state index contributed by atoms with van der Waals surface area (Å²) >= 11 is 0. The van der Waals surface area contributed by atoms with Crippen molar-refractivity contribution >= 4 is 5.97 Å². The lowest BCUT2D eigenvalue weighted by molar-refractivity contribution is -0.136. The van der Waals surface area contributed by atoms with Crippen LogP contribution in [-0.2, 0) is 11.2 Å². The number of carboxylic acid groups (broad SMARTS) is 1. The van der Waals surface area contributed by atoms with E-state index in [4.69, 9.17) is 14.6 Å². The van der Waals surface area contributed by atoms with Gasteiger partial charge < -0.3 is 24.8 Å². The van der Waals surface area contributed by atoms with Gasteiger partial charge in [0.1, 0.15) is 35.5 Å². The Hall–Kier alpha value is -2.64. The molecule has 178 valence electrons. The Kier molecular flexibility index (Phi) is 6.64. The Morgan fingerprint density at radius 1 is 1.21 bits per heavy atom. The second kappa shape index (κ2) is 9.31. The maximum absolute atomic E-state index is 15.4. The minimum Gasteiger partial charge on any atom is -0.489 e. The average Bonchev–Trinajstić information content (AvgIpc) is 3.27. The number of carbonyl (C=O) groups is 1. The van der Waals surface area contributed by atoms with Crippen molar-refractivity contribution in [3.63, 3.8) is 0 Å². The first-order valence-corrected chi connectivity index (χ1v) is 11.4. The summed E-state index contributed by atoms with van der Waals surface area (Å²) in [6.07, 6.45) is -3.36. The van der Waals surface area contributed by atoms with Gasteiger partial charge >= 0.3 is 5.97 Å². The van der Waals surface area contributed by atoms with Gasteiger partial charge in [-0.25, -0.2) is 4.39 Å². The number of hydrogen-bond donors (Lipinski definition) is 3. The van der Waals surface area contributed by atoms with Gasteiger partial charge in [0.15, 0.2) is 0 Å². The Balaban J connectivity index is 1.49. The van der Waals surface area contributed by atoms with E-state index in [2.05, 4.69) is 0 Å². The van der Waals surface area contributed by atoms with Gasteiger partial charge in [-0.05, 0) is 50.3 Å². The van der Waals surface area contributed by atoms with Gasteiger partial charge in [0, 0.05) is 24.3 Å². The SMILES string of the molecule is CC(C)(Oc1ccccc1)[C@@H](O)C(F)C[C@@H]1[C@H]2c3cccc(CCC(=O)O)c3O[C@H]2C[C@H]1O. The molecule has 0 saturated heterocycles. The van der Waals surface area contributed by atoms with Crippen LogP contribution < -0.4 is 9.47 Å². The molecule has 1 aliphatic carbocycles. The number of aliphatic hydroxyl groups excluding tert-OH is 2. The molecule has 6 nitrogen and oxygen atoms in total. The van der Waals surface area contributed by atoms with Crippen LogP contribution in [0.15, 0.2) is 48.5 Å². The zero-order chi connectivity index (χ0) is 23.8. The standard InChI is InChI=1S/C26H31FO6/c1-26(2,33-16-8-4-3-5-9-16)25(31)19(27)13-18-20(28)14-21-23(18)17-10-6-7-15(24(17)32-21)11-12-22(29)30/h3-10,18-21,23,25,28,31H,11-14H2,1-2H3,(H,29,30)/t18-,19?,20+,21-,23+,25-/m0/s1. The first-order chi connectivity index (χ1) is 15.7. The third-order valence-corrected chi connectivity index (χ3v) is 6.87. The quantitative estimate of drug-likeness (QED) is 0.528. The van der Waals surface area contributed by atoms with Gasteiger partial charge in [-0.2, -0.15) is 0 Å². The molecule has 0 bridgehead atoms. The molecule has 7 heteroatoms. The topological polar surface area (TPSA) is 96.2 Å². The van der Waals surface area contributed by atoms with E-state index in [1.54, 1.807) is 26.0 Å². The molecule has 3 N–H and O–H groups in total. The zero-order valence-corrected chi connectivity index (χ0v) is 18.9. The molecule has 0 amide bonds. The van der Waals surface area contributed by atoms with E-state index < -0.39 is 35.9 Å². The Labute approximate surface area is 193 Å². The van der Waals surface area contributed by atoms with Crippen LogP contribution in [0.25, 0.3) is 0 Å². The number of aliphatic hydroxyl groups is 2. The zero-order valence-electron chi connectivity index (χ0n) is 18.9. The second-order valence-corrected chi connectivity index (χ2v) is 9.59. The number of aliphatic carboxylic acids is 1. The van der Waals surface area contributed by atoms with Crippen LogP contribution in [0.3, 0.4) is 0 Å². The highest BCUT2D eigenvalue weighted by Gasteiger charge is 2.51. The predicted octanol–water partition coefficient (Wildman–Crippen LogP) is 3.88. The Bertz CT molecular complexity index is 978. The number of hydrogen-bond acceptors (Lipinski definition) is 5. The van der Waals surface area contributed by atoms with E-state index in [0.29, 0.717) is 24.3 Å². The summed E-state index contributed by atoms with van der Waals surface area (Å²) in [6.45, 7) is 3.29. The minimum absolute atomic E-state index is 0.00353. The van der Waals surface area contributed by atoms with Crippen molar-refractivity contribution in [3.8, 4) is 11.5 Å². The molecule has 33 heavy (non-hydrogen) atoms. The van der Waals surface area contributed by atoms with Gasteiger partial charge in [-0.15, -0.1) is 0 Å². The van der Waals surface area contributed by atoms with Crippen molar-refractivity contribution in [3.05, 3.63) is 59.7 Å². The summed E-state index contributed by atoms with van der Waals surface area (Å²) in [5, 5.41) is 30.5. The molecule has 4 rings (SSSR count). The molecule has 6 atom stereocenters. The van der Waals surface area contributed by atoms with Crippen molar-refractivity contribution in [2.24, 2.45) is 5.92 Å². The van der Waals surface area contributed by atoms with Crippen molar-refractivity contribution in [2.75, 3.05) is 0 Å². The summed E-state index contributed by atoms with van der Waals surface area (Å²) in [4.78, 5) is 11.0. The Morgan fingerprint density at radius 2 is 1.94 bits per heavy atom. The molecule has 1 heterocycles. The maximum Gasteiger partial charge on any atom is 0.303 e. The molecule has 0 aromatic heterocycles. The number of halogens is 1. The number of ether oxygens (including phenoxy) is 2. The molecular formula is C26H31FO6. The number of aryl methyl sites for hydroxylation is 1. The molecular weight excluding hydrogens is 427 g/mol. The number of alkyl halides is 1. The number of fused-ring (bicyclic) bond motifs is 3. The fourth-order valence-electron chi connectivity index (χ4n) is 5.21. The number of benzene rings is 2. The largest absolute Gasteiger partial charge is 0.489 e. The first-order valence-electron chi connectivity index (χ1n) is 11.4. The lowest BCUT2D eigenvalue weighted by atomic mass is 9.81. The molecule has 0 spiro atoms. The van der Waals surface area contributed by atoms with Crippen LogP contribution in [0.5, 0.6) is 11.5 Å². The van der Waals surface area contributed by atoms with Gasteiger partial charge in [-0.3, -0.25) is 4.79 Å². The predicted molar refractivity (Wildman–Crippen MR) is 120 cm³/mol.